The lowest BCUT2D eigenvalue weighted by Crippen LogP contribution is -1.96. The van der Waals surface area contributed by atoms with E-state index in [1.807, 2.05) is 30.5 Å². The number of aromatic nitrogens is 4. The van der Waals surface area contributed by atoms with E-state index in [4.69, 9.17) is 15.0 Å². The second-order valence-electron chi connectivity index (χ2n) is 12.6. The van der Waals surface area contributed by atoms with E-state index in [1.165, 1.54) is 11.1 Å². The van der Waals surface area contributed by atoms with Crippen molar-refractivity contribution < 1.29 is 0 Å². The molecule has 0 aliphatic rings. The molecule has 4 aromatic heterocycles. The molecule has 0 bridgehead atoms. The Kier molecular flexibility index (Phi) is 6.46. The summed E-state index contributed by atoms with van der Waals surface area (Å²) in [4.78, 5) is 20.5. The highest BCUT2D eigenvalue weighted by Crippen LogP contribution is 2.44. The Morgan fingerprint density at radius 1 is 0.300 bits per heavy atom. The highest BCUT2D eigenvalue weighted by molar-refractivity contribution is 6.22. The van der Waals surface area contributed by atoms with Gasteiger partial charge in [0.25, 0.3) is 0 Å². The molecule has 0 radical (unpaired) electrons. The molecule has 4 heterocycles. The van der Waals surface area contributed by atoms with E-state index in [9.17, 15) is 0 Å². The summed E-state index contributed by atoms with van der Waals surface area (Å²) in [6, 6.07) is 57.1. The monoisotopic (exact) mass is 636 g/mol. The Morgan fingerprint density at radius 2 is 0.880 bits per heavy atom. The Bertz CT molecular complexity index is 2860. The molecular weight excluding hydrogens is 609 g/mol. The van der Waals surface area contributed by atoms with Gasteiger partial charge < -0.3 is 0 Å². The van der Waals surface area contributed by atoms with E-state index in [0.717, 1.165) is 88.2 Å². The highest BCUT2D eigenvalue weighted by atomic mass is 14.8. The first-order chi connectivity index (χ1) is 24.8. The molecule has 6 aromatic carbocycles. The van der Waals surface area contributed by atoms with Crippen molar-refractivity contribution >= 4 is 54.3 Å². The Morgan fingerprint density at radius 3 is 1.58 bits per heavy atom. The molecule has 50 heavy (non-hydrogen) atoms. The van der Waals surface area contributed by atoms with Gasteiger partial charge in [-0.2, -0.15) is 0 Å². The molecule has 0 aliphatic heterocycles. The van der Waals surface area contributed by atoms with Gasteiger partial charge in [0, 0.05) is 39.0 Å². The molecule has 0 amide bonds. The van der Waals surface area contributed by atoms with Crippen molar-refractivity contribution in [2.75, 3.05) is 0 Å². The molecule has 0 saturated carbocycles. The minimum Gasteiger partial charge on any atom is -0.255 e. The summed E-state index contributed by atoms with van der Waals surface area (Å²) >= 11 is 0. The zero-order chi connectivity index (χ0) is 33.0. The van der Waals surface area contributed by atoms with Crippen LogP contribution >= 0.6 is 0 Å². The topological polar surface area (TPSA) is 51.6 Å². The number of pyridine rings is 4. The third-order valence-electron chi connectivity index (χ3n) is 9.69. The van der Waals surface area contributed by atoms with Crippen molar-refractivity contribution in [1.82, 2.24) is 19.9 Å². The number of nitrogens with zero attached hydrogens (tertiary/aromatic N) is 4. The van der Waals surface area contributed by atoms with Crippen LogP contribution in [0.2, 0.25) is 0 Å². The van der Waals surface area contributed by atoms with Crippen LogP contribution in [0.15, 0.2) is 170 Å². The fourth-order valence-electron chi connectivity index (χ4n) is 7.50. The Labute approximate surface area is 288 Å². The van der Waals surface area contributed by atoms with Crippen LogP contribution in [0.5, 0.6) is 0 Å². The molecule has 232 valence electrons. The summed E-state index contributed by atoms with van der Waals surface area (Å²) in [6.07, 6.45) is 1.81. The molecule has 0 saturated heterocycles. The van der Waals surface area contributed by atoms with Crippen LogP contribution in [0, 0.1) is 0 Å². The number of hydrogen-bond donors (Lipinski definition) is 0. The van der Waals surface area contributed by atoms with Crippen molar-refractivity contribution in [2.24, 2.45) is 0 Å². The van der Waals surface area contributed by atoms with Gasteiger partial charge in [0.2, 0.25) is 0 Å². The first-order valence-electron chi connectivity index (χ1n) is 16.8. The SMILES string of the molecule is c1ccc(-c2c3ccccc3nc3c2ccc2ccc(-c4c5ccccc5c(-c5cccc(-c6ccccn6)n5)c5ccccc45)nc23)cc1. The molecule has 0 fully saturated rings. The van der Waals surface area contributed by atoms with Gasteiger partial charge in [-0.3, -0.25) is 4.98 Å². The second kappa shape index (κ2) is 11.4. The van der Waals surface area contributed by atoms with Crippen LogP contribution in [-0.2, 0) is 0 Å². The quantitative estimate of drug-likeness (QED) is 0.142. The Hall–Kier alpha value is -6.78. The smallest absolute Gasteiger partial charge is 0.0978 e. The molecule has 0 atom stereocenters. The zero-order valence-electron chi connectivity index (χ0n) is 27.0. The van der Waals surface area contributed by atoms with Crippen LogP contribution in [0.4, 0.5) is 0 Å². The van der Waals surface area contributed by atoms with Crippen LogP contribution < -0.4 is 0 Å². The average molecular weight is 637 g/mol. The number of para-hydroxylation sites is 1. The second-order valence-corrected chi connectivity index (χ2v) is 12.6. The number of benzene rings is 6. The van der Waals surface area contributed by atoms with Crippen LogP contribution in [0.25, 0.3) is 99.3 Å². The number of hydrogen-bond acceptors (Lipinski definition) is 4. The van der Waals surface area contributed by atoms with E-state index in [1.54, 1.807) is 0 Å². The third kappa shape index (κ3) is 4.46. The zero-order valence-corrected chi connectivity index (χ0v) is 27.0. The fourth-order valence-corrected chi connectivity index (χ4v) is 7.50. The maximum absolute atomic E-state index is 5.49. The van der Waals surface area contributed by atoms with Gasteiger partial charge in [0.15, 0.2) is 0 Å². The predicted octanol–water partition coefficient (Wildman–Crippen LogP) is 11.7. The lowest BCUT2D eigenvalue weighted by molar-refractivity contribution is 1.25. The van der Waals surface area contributed by atoms with Gasteiger partial charge in [0.05, 0.1) is 39.3 Å². The molecule has 0 aliphatic carbocycles. The van der Waals surface area contributed by atoms with Gasteiger partial charge in [-0.05, 0) is 63.5 Å². The first kappa shape index (κ1) is 28.3. The Balaban J connectivity index is 1.26. The molecule has 0 unspecified atom stereocenters. The molecule has 4 heteroatoms. The van der Waals surface area contributed by atoms with Crippen LogP contribution in [-0.4, -0.2) is 19.9 Å². The van der Waals surface area contributed by atoms with E-state index < -0.39 is 0 Å². The lowest BCUT2D eigenvalue weighted by atomic mass is 9.88. The lowest BCUT2D eigenvalue weighted by Gasteiger charge is -2.18. The average Bonchev–Trinajstić information content (AvgIpc) is 3.19. The van der Waals surface area contributed by atoms with Crippen molar-refractivity contribution in [3.63, 3.8) is 0 Å². The molecule has 10 aromatic rings. The summed E-state index contributed by atoms with van der Waals surface area (Å²) in [6.45, 7) is 0. The van der Waals surface area contributed by atoms with E-state index >= 15 is 0 Å². The van der Waals surface area contributed by atoms with Gasteiger partial charge >= 0.3 is 0 Å². The van der Waals surface area contributed by atoms with E-state index in [-0.39, 0.29) is 0 Å². The number of rotatable bonds is 4. The normalized spacial score (nSPS) is 11.6. The minimum absolute atomic E-state index is 0.846. The summed E-state index contributed by atoms with van der Waals surface area (Å²) in [7, 11) is 0. The maximum atomic E-state index is 5.49. The molecule has 0 N–H and O–H groups in total. The molecular formula is C46H28N4. The highest BCUT2D eigenvalue weighted by Gasteiger charge is 2.20. The van der Waals surface area contributed by atoms with Crippen LogP contribution in [0.3, 0.4) is 0 Å². The number of fused-ring (bicyclic) bond motifs is 6. The first-order valence-corrected chi connectivity index (χ1v) is 16.8. The van der Waals surface area contributed by atoms with Crippen LogP contribution in [0.1, 0.15) is 0 Å². The predicted molar refractivity (Wildman–Crippen MR) is 207 cm³/mol. The molecule has 0 spiro atoms. The largest absolute Gasteiger partial charge is 0.255 e. The maximum Gasteiger partial charge on any atom is 0.0978 e. The van der Waals surface area contributed by atoms with Gasteiger partial charge in [-0.25, -0.2) is 15.0 Å². The van der Waals surface area contributed by atoms with E-state index in [2.05, 4.69) is 145 Å². The minimum atomic E-state index is 0.846. The van der Waals surface area contributed by atoms with Crippen molar-refractivity contribution in [2.45, 2.75) is 0 Å². The fraction of sp³-hybridized carbons (Fsp3) is 0. The third-order valence-corrected chi connectivity index (χ3v) is 9.69. The van der Waals surface area contributed by atoms with Gasteiger partial charge in [0.1, 0.15) is 0 Å². The van der Waals surface area contributed by atoms with E-state index in [0.29, 0.717) is 0 Å². The standard InChI is InChI=1S/C46H28N4/c1-2-13-29(14-3-1)42-35-19-8-9-20-37(35)49-46-36(42)26-24-30-25-27-41(50-45(30)46)44-33-17-6-4-15-31(33)43(32-16-5-7-18-34(32)44)40-23-12-22-39(48-40)38-21-10-11-28-47-38/h1-28H. The summed E-state index contributed by atoms with van der Waals surface area (Å²) in [5, 5.41) is 7.79. The van der Waals surface area contributed by atoms with Crippen molar-refractivity contribution in [1.29, 1.82) is 0 Å². The summed E-state index contributed by atoms with van der Waals surface area (Å²) in [5.41, 5.74) is 10.8. The van der Waals surface area contributed by atoms with Crippen molar-refractivity contribution in [3.8, 4) is 45.0 Å². The molecule has 4 nitrogen and oxygen atoms in total. The van der Waals surface area contributed by atoms with Gasteiger partial charge in [-0.1, -0.05) is 127 Å². The molecule has 10 rings (SSSR count). The van der Waals surface area contributed by atoms with Gasteiger partial charge in [-0.15, -0.1) is 0 Å². The summed E-state index contributed by atoms with van der Waals surface area (Å²) < 4.78 is 0. The van der Waals surface area contributed by atoms with Crippen molar-refractivity contribution in [3.05, 3.63) is 170 Å². The summed E-state index contributed by atoms with van der Waals surface area (Å²) in [5.74, 6) is 0.